The van der Waals surface area contributed by atoms with E-state index in [-0.39, 0.29) is 0 Å². The molecule has 2 aromatic rings. The van der Waals surface area contributed by atoms with Gasteiger partial charge in [0.1, 0.15) is 5.76 Å². The molecule has 0 spiro atoms. The van der Waals surface area contributed by atoms with Crippen LogP contribution in [0.5, 0.6) is 17.2 Å². The molecule has 0 saturated heterocycles. The van der Waals surface area contributed by atoms with Crippen LogP contribution in [0.1, 0.15) is 17.2 Å². The molecule has 0 saturated carbocycles. The van der Waals surface area contributed by atoms with Crippen LogP contribution in [-0.2, 0) is 13.1 Å². The molecule has 114 valence electrons. The van der Waals surface area contributed by atoms with Crippen LogP contribution in [0.3, 0.4) is 0 Å². The Morgan fingerprint density at radius 2 is 1.71 bits per heavy atom. The average molecular weight is 292 g/mol. The van der Waals surface area contributed by atoms with Crippen LogP contribution in [0.2, 0.25) is 0 Å². The summed E-state index contributed by atoms with van der Waals surface area (Å²) < 4.78 is 21.3. The van der Waals surface area contributed by atoms with E-state index >= 15 is 0 Å². The highest BCUT2D eigenvalue weighted by molar-refractivity contribution is 5.53. The van der Waals surface area contributed by atoms with E-state index in [1.165, 1.54) is 0 Å². The van der Waals surface area contributed by atoms with Gasteiger partial charge in [-0.1, -0.05) is 0 Å². The molecule has 0 radical (unpaired) electrons. The van der Waals surface area contributed by atoms with Crippen molar-refractivity contribution in [1.29, 1.82) is 0 Å². The normalized spacial score (nSPS) is 10.5. The minimum Gasteiger partial charge on any atom is -0.493 e. The van der Waals surface area contributed by atoms with E-state index < -0.39 is 0 Å². The topological polar surface area (TPSA) is 65.8 Å². The van der Waals surface area contributed by atoms with E-state index in [0.29, 0.717) is 36.2 Å². The van der Waals surface area contributed by atoms with Crippen LogP contribution in [0.15, 0.2) is 22.7 Å². The van der Waals surface area contributed by atoms with E-state index in [2.05, 4.69) is 10.3 Å². The Balaban J connectivity index is 2.05. The molecule has 0 unspecified atom stereocenters. The quantitative estimate of drug-likeness (QED) is 0.844. The van der Waals surface area contributed by atoms with Crippen molar-refractivity contribution in [1.82, 2.24) is 10.3 Å². The highest BCUT2D eigenvalue weighted by Gasteiger charge is 2.13. The van der Waals surface area contributed by atoms with Crippen molar-refractivity contribution in [2.75, 3.05) is 21.3 Å². The second-order valence-electron chi connectivity index (χ2n) is 4.50. The second kappa shape index (κ2) is 6.99. The number of hydrogen-bond donors (Lipinski definition) is 1. The number of benzene rings is 1. The van der Waals surface area contributed by atoms with Crippen LogP contribution in [-0.4, -0.2) is 26.3 Å². The van der Waals surface area contributed by atoms with Crippen molar-refractivity contribution < 1.29 is 18.6 Å². The van der Waals surface area contributed by atoms with Crippen LogP contribution in [0, 0.1) is 6.92 Å². The number of ether oxygens (including phenoxy) is 3. The number of aromatic nitrogens is 1. The molecule has 1 aromatic carbocycles. The van der Waals surface area contributed by atoms with E-state index in [0.717, 1.165) is 11.3 Å². The van der Waals surface area contributed by atoms with Gasteiger partial charge in [0, 0.05) is 6.54 Å². The van der Waals surface area contributed by atoms with Gasteiger partial charge in [-0.15, -0.1) is 0 Å². The summed E-state index contributed by atoms with van der Waals surface area (Å²) in [6, 6.07) is 3.82. The van der Waals surface area contributed by atoms with Crippen molar-refractivity contribution in [2.45, 2.75) is 20.0 Å². The zero-order valence-electron chi connectivity index (χ0n) is 12.7. The van der Waals surface area contributed by atoms with Gasteiger partial charge in [-0.2, -0.15) is 0 Å². The lowest BCUT2D eigenvalue weighted by molar-refractivity contribution is 0.323. The van der Waals surface area contributed by atoms with Crippen LogP contribution < -0.4 is 19.5 Å². The van der Waals surface area contributed by atoms with Crippen LogP contribution >= 0.6 is 0 Å². The summed E-state index contributed by atoms with van der Waals surface area (Å²) in [6.45, 7) is 3.07. The second-order valence-corrected chi connectivity index (χ2v) is 4.50. The Kier molecular flexibility index (Phi) is 5.05. The maximum Gasteiger partial charge on any atom is 0.208 e. The summed E-state index contributed by atoms with van der Waals surface area (Å²) in [7, 11) is 4.79. The van der Waals surface area contributed by atoms with Gasteiger partial charge in [0.25, 0.3) is 0 Å². The predicted octanol–water partition coefficient (Wildman–Crippen LogP) is 2.30. The first-order chi connectivity index (χ1) is 10.2. The third kappa shape index (κ3) is 3.66. The summed E-state index contributed by atoms with van der Waals surface area (Å²) >= 11 is 0. The number of methoxy groups -OCH3 is 3. The summed E-state index contributed by atoms with van der Waals surface area (Å²) in [6.07, 6.45) is 1.70. The third-order valence-corrected chi connectivity index (χ3v) is 3.00. The summed E-state index contributed by atoms with van der Waals surface area (Å²) in [5, 5.41) is 3.26. The zero-order chi connectivity index (χ0) is 15.2. The molecule has 2 rings (SSSR count). The molecule has 6 heteroatoms. The van der Waals surface area contributed by atoms with E-state index in [4.69, 9.17) is 18.6 Å². The van der Waals surface area contributed by atoms with Gasteiger partial charge in [0.2, 0.25) is 11.6 Å². The molecule has 0 bridgehead atoms. The third-order valence-electron chi connectivity index (χ3n) is 3.00. The molecule has 1 N–H and O–H groups in total. The lowest BCUT2D eigenvalue weighted by atomic mass is 10.2. The van der Waals surface area contributed by atoms with Crippen molar-refractivity contribution in [3.8, 4) is 17.2 Å². The molecule has 6 nitrogen and oxygen atoms in total. The van der Waals surface area contributed by atoms with Crippen molar-refractivity contribution in [2.24, 2.45) is 0 Å². The molecule has 0 atom stereocenters. The molecule has 0 aliphatic heterocycles. The molecule has 0 fully saturated rings. The van der Waals surface area contributed by atoms with E-state index in [1.54, 1.807) is 27.5 Å². The summed E-state index contributed by atoms with van der Waals surface area (Å²) in [5.41, 5.74) is 1.02. The Bertz CT molecular complexity index is 570. The van der Waals surface area contributed by atoms with Gasteiger partial charge in [0.05, 0.1) is 34.1 Å². The monoisotopic (exact) mass is 292 g/mol. The Morgan fingerprint density at radius 3 is 2.19 bits per heavy atom. The molecule has 0 amide bonds. The van der Waals surface area contributed by atoms with E-state index in [1.807, 2.05) is 19.1 Å². The van der Waals surface area contributed by atoms with Gasteiger partial charge >= 0.3 is 0 Å². The maximum atomic E-state index is 5.40. The van der Waals surface area contributed by atoms with Gasteiger partial charge in [0.15, 0.2) is 11.5 Å². The number of nitrogens with one attached hydrogen (secondary N) is 1. The number of aryl methyl sites for hydroxylation is 1. The summed E-state index contributed by atoms with van der Waals surface area (Å²) in [4.78, 5) is 4.14. The number of oxazole rings is 1. The lowest BCUT2D eigenvalue weighted by Gasteiger charge is -2.14. The fourth-order valence-electron chi connectivity index (χ4n) is 2.03. The first-order valence-electron chi connectivity index (χ1n) is 6.58. The van der Waals surface area contributed by atoms with Gasteiger partial charge in [-0.05, 0) is 24.6 Å². The zero-order valence-corrected chi connectivity index (χ0v) is 12.7. The smallest absolute Gasteiger partial charge is 0.208 e. The van der Waals surface area contributed by atoms with Gasteiger partial charge < -0.3 is 23.9 Å². The minimum absolute atomic E-state index is 0.560. The van der Waals surface area contributed by atoms with Crippen molar-refractivity contribution in [3.05, 3.63) is 35.5 Å². The molecule has 0 aliphatic carbocycles. The standard InChI is InChI=1S/C15H20N2O4/c1-10-7-17-14(21-10)9-16-8-11-5-12(18-2)15(20-4)13(6-11)19-3/h5-7,16H,8-9H2,1-4H3. The van der Waals surface area contributed by atoms with Gasteiger partial charge in [-0.25, -0.2) is 4.98 Å². The highest BCUT2D eigenvalue weighted by atomic mass is 16.5. The fraction of sp³-hybridized carbons (Fsp3) is 0.400. The lowest BCUT2D eigenvalue weighted by Crippen LogP contribution is -2.13. The number of hydrogen-bond acceptors (Lipinski definition) is 6. The Labute approximate surface area is 124 Å². The molecular weight excluding hydrogens is 272 g/mol. The van der Waals surface area contributed by atoms with Crippen LogP contribution in [0.25, 0.3) is 0 Å². The van der Waals surface area contributed by atoms with Crippen LogP contribution in [0.4, 0.5) is 0 Å². The molecule has 21 heavy (non-hydrogen) atoms. The van der Waals surface area contributed by atoms with Gasteiger partial charge in [-0.3, -0.25) is 0 Å². The first kappa shape index (κ1) is 15.2. The first-order valence-corrected chi connectivity index (χ1v) is 6.58. The predicted molar refractivity (Wildman–Crippen MR) is 77.9 cm³/mol. The Hall–Kier alpha value is -2.21. The fourth-order valence-corrected chi connectivity index (χ4v) is 2.03. The summed E-state index contributed by atoms with van der Waals surface area (Å²) in [5.74, 6) is 3.34. The SMILES string of the molecule is COc1cc(CNCc2ncc(C)o2)cc(OC)c1OC. The van der Waals surface area contributed by atoms with Crippen molar-refractivity contribution in [3.63, 3.8) is 0 Å². The minimum atomic E-state index is 0.560. The Morgan fingerprint density at radius 1 is 1.05 bits per heavy atom. The van der Waals surface area contributed by atoms with E-state index in [9.17, 15) is 0 Å². The molecular formula is C15H20N2O4. The molecule has 0 aliphatic rings. The molecule has 1 aromatic heterocycles. The highest BCUT2D eigenvalue weighted by Crippen LogP contribution is 2.38. The number of rotatable bonds is 7. The largest absolute Gasteiger partial charge is 0.493 e. The van der Waals surface area contributed by atoms with Crippen molar-refractivity contribution >= 4 is 0 Å². The molecule has 1 heterocycles. The average Bonchev–Trinajstić information content (AvgIpc) is 2.91. The maximum absolute atomic E-state index is 5.40. The number of nitrogens with zero attached hydrogens (tertiary/aromatic N) is 1.